The normalized spacial score (nSPS) is 13.8. The predicted molar refractivity (Wildman–Crippen MR) is 87.9 cm³/mol. The molecule has 0 fully saturated rings. The van der Waals surface area contributed by atoms with E-state index in [1.165, 1.54) is 0 Å². The number of methoxy groups -OCH3 is 1. The van der Waals surface area contributed by atoms with Gasteiger partial charge in [0.05, 0.1) is 6.61 Å². The Labute approximate surface area is 131 Å². The number of aliphatic imine (C=N–C) groups is 1. The van der Waals surface area contributed by atoms with Gasteiger partial charge in [-0.3, -0.25) is 9.89 Å². The minimum absolute atomic E-state index is 0.0127. The first-order valence-electron chi connectivity index (χ1n) is 7.35. The lowest BCUT2D eigenvalue weighted by molar-refractivity contribution is -0.119. The monoisotopic (exact) mass is 309 g/mol. The molecule has 22 heavy (non-hydrogen) atoms. The lowest BCUT2D eigenvalue weighted by atomic mass is 9.92. The molecule has 0 radical (unpaired) electrons. The van der Waals surface area contributed by atoms with E-state index < -0.39 is 0 Å². The van der Waals surface area contributed by atoms with E-state index >= 15 is 0 Å². The highest BCUT2D eigenvalue weighted by molar-refractivity contribution is 6.00. The maximum atomic E-state index is 12.1. The van der Waals surface area contributed by atoms with Gasteiger partial charge in [-0.15, -0.1) is 0 Å². The maximum Gasteiger partial charge on any atom is 0.249 e. The second-order valence-corrected chi connectivity index (χ2v) is 6.65. The molecule has 7 heteroatoms. The van der Waals surface area contributed by atoms with Gasteiger partial charge < -0.3 is 15.4 Å². The van der Waals surface area contributed by atoms with Crippen LogP contribution in [0.25, 0.3) is 0 Å². The first-order valence-corrected chi connectivity index (χ1v) is 7.35. The van der Waals surface area contributed by atoms with Crippen LogP contribution in [-0.4, -0.2) is 41.8 Å². The highest BCUT2D eigenvalue weighted by Gasteiger charge is 2.17. The van der Waals surface area contributed by atoms with Crippen molar-refractivity contribution in [2.75, 3.05) is 19.0 Å². The summed E-state index contributed by atoms with van der Waals surface area (Å²) in [5.41, 5.74) is 0.819. The van der Waals surface area contributed by atoms with E-state index in [4.69, 9.17) is 4.74 Å². The van der Waals surface area contributed by atoms with Crippen molar-refractivity contribution in [2.45, 2.75) is 47.1 Å². The fourth-order valence-corrected chi connectivity index (χ4v) is 1.84. The molecule has 1 atom stereocenters. The molecule has 0 aliphatic carbocycles. The van der Waals surface area contributed by atoms with Crippen molar-refractivity contribution in [2.24, 2.45) is 10.4 Å². The Morgan fingerprint density at radius 2 is 2.18 bits per heavy atom. The van der Waals surface area contributed by atoms with Crippen molar-refractivity contribution in [1.29, 1.82) is 0 Å². The minimum atomic E-state index is -0.181. The van der Waals surface area contributed by atoms with Gasteiger partial charge in [-0.2, -0.15) is 10.1 Å². The topological polar surface area (TPSA) is 91.4 Å². The van der Waals surface area contributed by atoms with Gasteiger partial charge >= 0.3 is 0 Å². The van der Waals surface area contributed by atoms with Gasteiger partial charge in [0.2, 0.25) is 11.9 Å². The van der Waals surface area contributed by atoms with E-state index in [2.05, 4.69) is 25.8 Å². The molecule has 0 saturated heterocycles. The molecule has 0 spiro atoms. The molecule has 0 aromatic carbocycles. The first-order chi connectivity index (χ1) is 10.2. The lowest BCUT2D eigenvalue weighted by Gasteiger charge is -2.18. The van der Waals surface area contributed by atoms with Crippen molar-refractivity contribution in [1.82, 2.24) is 15.5 Å². The number of nitrogens with zero attached hydrogens (tertiary/aromatic N) is 2. The van der Waals surface area contributed by atoms with Crippen molar-refractivity contribution in [3.63, 3.8) is 0 Å². The Hall–Kier alpha value is -1.89. The Kier molecular flexibility index (Phi) is 6.55. The number of anilines is 1. The number of guanidine groups is 1. The molecule has 0 bridgehead atoms. The molecule has 1 heterocycles. The molecule has 0 saturated carbocycles. The van der Waals surface area contributed by atoms with Crippen molar-refractivity contribution in [3.8, 4) is 0 Å². The zero-order chi connectivity index (χ0) is 16.8. The number of ether oxygens (including phenoxy) is 1. The minimum Gasteiger partial charge on any atom is -0.383 e. The van der Waals surface area contributed by atoms with Gasteiger partial charge in [0.15, 0.2) is 5.82 Å². The molecule has 7 nitrogen and oxygen atoms in total. The van der Waals surface area contributed by atoms with Gasteiger partial charge in [-0.1, -0.05) is 20.8 Å². The quantitative estimate of drug-likeness (QED) is 0.572. The summed E-state index contributed by atoms with van der Waals surface area (Å²) in [6.07, 6.45) is 0.373. The molecule has 0 aliphatic rings. The summed E-state index contributed by atoms with van der Waals surface area (Å²) in [5.74, 6) is 0.807. The third-order valence-corrected chi connectivity index (χ3v) is 2.67. The summed E-state index contributed by atoms with van der Waals surface area (Å²) in [4.78, 5) is 16.2. The highest BCUT2D eigenvalue weighted by atomic mass is 16.5. The number of carbonyl (C=O) groups excluding carboxylic acids is 1. The van der Waals surface area contributed by atoms with E-state index in [9.17, 15) is 4.79 Å². The fraction of sp³-hybridized carbons (Fsp3) is 0.667. The number of H-pyrrole nitrogens is 1. The summed E-state index contributed by atoms with van der Waals surface area (Å²) in [5, 5.41) is 13.1. The van der Waals surface area contributed by atoms with Gasteiger partial charge in [0, 0.05) is 31.3 Å². The third-order valence-electron chi connectivity index (χ3n) is 2.67. The van der Waals surface area contributed by atoms with E-state index in [1.807, 2.05) is 40.7 Å². The second kappa shape index (κ2) is 7.93. The maximum absolute atomic E-state index is 12.1. The fourth-order valence-electron chi connectivity index (χ4n) is 1.84. The zero-order valence-corrected chi connectivity index (χ0v) is 14.3. The number of aryl methyl sites for hydroxylation is 1. The molecule has 1 amide bonds. The van der Waals surface area contributed by atoms with Gasteiger partial charge in [-0.05, 0) is 19.3 Å². The van der Waals surface area contributed by atoms with Crippen LogP contribution in [0.4, 0.5) is 5.82 Å². The van der Waals surface area contributed by atoms with E-state index in [1.54, 1.807) is 7.11 Å². The van der Waals surface area contributed by atoms with E-state index in [0.717, 1.165) is 5.69 Å². The molecule has 1 aromatic heterocycles. The third kappa shape index (κ3) is 7.21. The molecule has 1 unspecified atom stereocenters. The number of hydrogen-bond donors (Lipinski definition) is 3. The number of aromatic nitrogens is 2. The van der Waals surface area contributed by atoms with Crippen LogP contribution in [0.5, 0.6) is 0 Å². The zero-order valence-electron chi connectivity index (χ0n) is 14.3. The molecule has 124 valence electrons. The number of amides is 1. The molecule has 1 rings (SSSR count). The van der Waals surface area contributed by atoms with Crippen molar-refractivity contribution >= 4 is 17.7 Å². The molecule has 1 aromatic rings. The highest BCUT2D eigenvalue weighted by Crippen LogP contribution is 2.18. The summed E-state index contributed by atoms with van der Waals surface area (Å²) >= 11 is 0. The largest absolute Gasteiger partial charge is 0.383 e. The Morgan fingerprint density at radius 1 is 1.50 bits per heavy atom. The van der Waals surface area contributed by atoms with E-state index in [-0.39, 0.29) is 17.4 Å². The molecular weight excluding hydrogens is 282 g/mol. The smallest absolute Gasteiger partial charge is 0.249 e. The van der Waals surface area contributed by atoms with Crippen LogP contribution >= 0.6 is 0 Å². The standard InChI is InChI=1S/C15H27N5O2/c1-10-7-12(20-19-10)17-14(16-11(2)9-22-6)18-13(21)8-15(3,4)5/h7,11H,8-9H2,1-6H3,(H3,16,17,18,19,20,21). The average molecular weight is 309 g/mol. The average Bonchev–Trinajstić information content (AvgIpc) is 2.72. The summed E-state index contributed by atoms with van der Waals surface area (Å²) in [6, 6.07) is 1.85. The predicted octanol–water partition coefficient (Wildman–Crippen LogP) is 2.07. The number of carbonyl (C=O) groups is 1. The molecule has 3 N–H and O–H groups in total. The summed E-state index contributed by atoms with van der Waals surface area (Å²) in [6.45, 7) is 10.4. The van der Waals surface area contributed by atoms with Crippen LogP contribution in [0.15, 0.2) is 11.1 Å². The van der Waals surface area contributed by atoms with Crippen LogP contribution in [0, 0.1) is 12.3 Å². The molecular formula is C15H27N5O2. The van der Waals surface area contributed by atoms with Crippen LogP contribution in [0.2, 0.25) is 0 Å². The first kappa shape index (κ1) is 18.2. The Morgan fingerprint density at radius 3 is 2.68 bits per heavy atom. The second-order valence-electron chi connectivity index (χ2n) is 6.65. The van der Waals surface area contributed by atoms with Crippen LogP contribution < -0.4 is 10.6 Å². The number of rotatable bonds is 5. The van der Waals surface area contributed by atoms with Crippen molar-refractivity contribution < 1.29 is 9.53 Å². The van der Waals surface area contributed by atoms with Crippen molar-refractivity contribution in [3.05, 3.63) is 11.8 Å². The number of nitrogens with one attached hydrogen (secondary N) is 3. The summed E-state index contributed by atoms with van der Waals surface area (Å²) < 4.78 is 5.09. The Bertz CT molecular complexity index is 516. The summed E-state index contributed by atoms with van der Waals surface area (Å²) in [7, 11) is 1.63. The number of hydrogen-bond acceptors (Lipinski definition) is 3. The Balaban J connectivity index is 2.82. The lowest BCUT2D eigenvalue weighted by Crippen LogP contribution is -2.40. The van der Waals surface area contributed by atoms with Gasteiger partial charge in [0.25, 0.3) is 0 Å². The van der Waals surface area contributed by atoms with Crippen LogP contribution in [0.1, 0.15) is 39.8 Å². The van der Waals surface area contributed by atoms with E-state index in [0.29, 0.717) is 24.8 Å². The molecule has 0 aliphatic heterocycles. The number of aromatic amines is 1. The van der Waals surface area contributed by atoms with Crippen LogP contribution in [-0.2, 0) is 9.53 Å². The van der Waals surface area contributed by atoms with Crippen LogP contribution in [0.3, 0.4) is 0 Å². The van der Waals surface area contributed by atoms with Gasteiger partial charge in [0.1, 0.15) is 0 Å². The SMILES string of the molecule is COCC(C)N/C(=N/C(=O)CC(C)(C)C)Nc1cc(C)[nH]n1. The van der Waals surface area contributed by atoms with Gasteiger partial charge in [-0.25, -0.2) is 0 Å².